The second kappa shape index (κ2) is 16.0. The van der Waals surface area contributed by atoms with E-state index in [-0.39, 0.29) is 12.4 Å². The molecule has 0 aromatic heterocycles. The highest BCUT2D eigenvalue weighted by Crippen LogP contribution is 2.09. The fourth-order valence-electron chi connectivity index (χ4n) is 2.09. The van der Waals surface area contributed by atoms with Gasteiger partial charge in [-0.3, -0.25) is 9.59 Å². The first-order valence-electron chi connectivity index (χ1n) is 8.63. The quantitative estimate of drug-likeness (QED) is 0.253. The first-order valence-corrected chi connectivity index (χ1v) is 8.63. The van der Waals surface area contributed by atoms with E-state index in [1.807, 2.05) is 12.2 Å². The summed E-state index contributed by atoms with van der Waals surface area (Å²) in [7, 11) is 0. The fourth-order valence-corrected chi connectivity index (χ4v) is 2.09. The molecule has 0 amide bonds. The predicted molar refractivity (Wildman–Crippen MR) is 91.8 cm³/mol. The zero-order valence-electron chi connectivity index (χ0n) is 14.3. The molecule has 0 aromatic carbocycles. The molecule has 0 aliphatic rings. The van der Waals surface area contributed by atoms with Crippen LogP contribution in [0, 0.1) is 0 Å². The third-order valence-corrected chi connectivity index (χ3v) is 3.39. The highest BCUT2D eigenvalue weighted by molar-refractivity contribution is 5.83. The topological polar surface area (TPSA) is 43.4 Å². The van der Waals surface area contributed by atoms with Gasteiger partial charge in [0.25, 0.3) is 0 Å². The largest absolute Gasteiger partial charge is 0.458 e. The molecule has 3 nitrogen and oxygen atoms in total. The van der Waals surface area contributed by atoms with Gasteiger partial charge in [0.15, 0.2) is 5.78 Å². The molecule has 0 saturated heterocycles. The lowest BCUT2D eigenvalue weighted by atomic mass is 10.1. The molecule has 0 radical (unpaired) electrons. The third-order valence-electron chi connectivity index (χ3n) is 3.39. The van der Waals surface area contributed by atoms with E-state index in [4.69, 9.17) is 0 Å². The number of rotatable bonds is 14. The highest BCUT2D eigenvalue weighted by Gasteiger charge is 2.00. The lowest BCUT2D eigenvalue weighted by Gasteiger charge is -1.99. The second-order valence-electron chi connectivity index (χ2n) is 5.64. The number of Topliss-reactive ketones (excluding diaryl/α,β-unsaturated/α-hetero) is 1. The Balaban J connectivity index is 3.37. The van der Waals surface area contributed by atoms with Crippen molar-refractivity contribution in [2.45, 2.75) is 78.1 Å². The van der Waals surface area contributed by atoms with Crippen LogP contribution in [0.25, 0.3) is 0 Å². The molecular weight excluding hydrogens is 276 g/mol. The van der Waals surface area contributed by atoms with E-state index in [9.17, 15) is 9.59 Å². The number of allylic oxidation sites excluding steroid dienone is 4. The standard InChI is InChI=1S/C19H32O3/c1-3-4-5-6-7-8-9-10-11-12-13-14-15-16-19(21)17-22-18(2)20/h12-15H,3-11,16-17H2,1-2H3. The molecule has 0 aromatic rings. The van der Waals surface area contributed by atoms with E-state index in [1.165, 1.54) is 58.3 Å². The van der Waals surface area contributed by atoms with Crippen LogP contribution in [-0.2, 0) is 14.3 Å². The van der Waals surface area contributed by atoms with Crippen LogP contribution >= 0.6 is 0 Å². The Morgan fingerprint density at radius 1 is 0.864 bits per heavy atom. The predicted octanol–water partition coefficient (Wildman–Crippen LogP) is 5.15. The summed E-state index contributed by atoms with van der Waals surface area (Å²) in [6, 6.07) is 0. The first-order chi connectivity index (χ1) is 10.7. The van der Waals surface area contributed by atoms with Crippen molar-refractivity contribution in [2.24, 2.45) is 0 Å². The van der Waals surface area contributed by atoms with Crippen molar-refractivity contribution in [2.75, 3.05) is 6.61 Å². The molecule has 0 spiro atoms. The van der Waals surface area contributed by atoms with E-state index >= 15 is 0 Å². The lowest BCUT2D eigenvalue weighted by Crippen LogP contribution is -2.10. The summed E-state index contributed by atoms with van der Waals surface area (Å²) in [5.41, 5.74) is 0. The summed E-state index contributed by atoms with van der Waals surface area (Å²) in [5.74, 6) is -0.495. The number of ether oxygens (including phenoxy) is 1. The summed E-state index contributed by atoms with van der Waals surface area (Å²) in [6.45, 7) is 3.43. The van der Waals surface area contributed by atoms with Crippen LogP contribution < -0.4 is 0 Å². The first kappa shape index (κ1) is 20.6. The maximum atomic E-state index is 11.3. The van der Waals surface area contributed by atoms with E-state index < -0.39 is 5.97 Å². The van der Waals surface area contributed by atoms with Gasteiger partial charge in [0.2, 0.25) is 0 Å². The summed E-state index contributed by atoms with van der Waals surface area (Å²) >= 11 is 0. The van der Waals surface area contributed by atoms with Crippen LogP contribution in [-0.4, -0.2) is 18.4 Å². The van der Waals surface area contributed by atoms with Crippen molar-refractivity contribution in [1.29, 1.82) is 0 Å². The molecule has 0 aliphatic carbocycles. The average molecular weight is 308 g/mol. The van der Waals surface area contributed by atoms with Crippen LogP contribution in [0.3, 0.4) is 0 Å². The van der Waals surface area contributed by atoms with Gasteiger partial charge in [-0.2, -0.15) is 0 Å². The summed E-state index contributed by atoms with van der Waals surface area (Å²) in [5, 5.41) is 0. The van der Waals surface area contributed by atoms with E-state index in [1.54, 1.807) is 6.08 Å². The summed E-state index contributed by atoms with van der Waals surface area (Å²) in [6.07, 6.45) is 19.9. The van der Waals surface area contributed by atoms with Gasteiger partial charge < -0.3 is 4.74 Å². The van der Waals surface area contributed by atoms with Crippen LogP contribution in [0.15, 0.2) is 24.3 Å². The number of unbranched alkanes of at least 4 members (excludes halogenated alkanes) is 8. The second-order valence-corrected chi connectivity index (χ2v) is 5.64. The number of ketones is 1. The maximum absolute atomic E-state index is 11.3. The van der Waals surface area contributed by atoms with Crippen molar-refractivity contribution in [3.05, 3.63) is 24.3 Å². The SMILES string of the molecule is CCCCCCCCCCC=CC=CCC(=O)COC(C)=O. The van der Waals surface area contributed by atoms with Gasteiger partial charge in [0.05, 0.1) is 0 Å². The molecule has 0 aliphatic heterocycles. The van der Waals surface area contributed by atoms with E-state index in [0.717, 1.165) is 6.42 Å². The average Bonchev–Trinajstić information content (AvgIpc) is 2.49. The minimum Gasteiger partial charge on any atom is -0.458 e. The zero-order valence-corrected chi connectivity index (χ0v) is 14.3. The Bertz CT molecular complexity index is 343. The minimum atomic E-state index is -0.414. The molecule has 0 fully saturated rings. The van der Waals surface area contributed by atoms with Crippen molar-refractivity contribution in [3.8, 4) is 0 Å². The van der Waals surface area contributed by atoms with Crippen LogP contribution in [0.2, 0.25) is 0 Å². The molecule has 0 N–H and O–H groups in total. The van der Waals surface area contributed by atoms with Crippen LogP contribution in [0.4, 0.5) is 0 Å². The highest BCUT2D eigenvalue weighted by atomic mass is 16.5. The number of esters is 1. The maximum Gasteiger partial charge on any atom is 0.303 e. The van der Waals surface area contributed by atoms with Gasteiger partial charge in [-0.1, -0.05) is 76.2 Å². The van der Waals surface area contributed by atoms with Crippen LogP contribution in [0.1, 0.15) is 78.1 Å². The van der Waals surface area contributed by atoms with Gasteiger partial charge in [-0.15, -0.1) is 0 Å². The molecule has 0 saturated carbocycles. The van der Waals surface area contributed by atoms with Gasteiger partial charge in [-0.25, -0.2) is 0 Å². The molecule has 22 heavy (non-hydrogen) atoms. The summed E-state index contributed by atoms with van der Waals surface area (Å²) < 4.78 is 4.63. The Kier molecular flexibility index (Phi) is 15.0. The number of carbonyl (C=O) groups is 2. The molecule has 0 atom stereocenters. The Labute approximate surface area is 135 Å². The van der Waals surface area contributed by atoms with Crippen molar-refractivity contribution in [3.63, 3.8) is 0 Å². The third kappa shape index (κ3) is 16.7. The molecular formula is C19H32O3. The van der Waals surface area contributed by atoms with Gasteiger partial charge in [0.1, 0.15) is 6.61 Å². The Morgan fingerprint density at radius 2 is 1.45 bits per heavy atom. The summed E-state index contributed by atoms with van der Waals surface area (Å²) in [4.78, 5) is 21.8. The molecule has 0 bridgehead atoms. The van der Waals surface area contributed by atoms with Gasteiger partial charge in [0, 0.05) is 13.3 Å². The molecule has 126 valence electrons. The van der Waals surface area contributed by atoms with Gasteiger partial charge in [-0.05, 0) is 12.8 Å². The van der Waals surface area contributed by atoms with Crippen molar-refractivity contribution < 1.29 is 14.3 Å². The Morgan fingerprint density at radius 3 is 2.09 bits per heavy atom. The zero-order chi connectivity index (χ0) is 16.5. The number of hydrogen-bond donors (Lipinski definition) is 0. The van der Waals surface area contributed by atoms with E-state index in [2.05, 4.69) is 17.7 Å². The van der Waals surface area contributed by atoms with Crippen molar-refractivity contribution in [1.82, 2.24) is 0 Å². The monoisotopic (exact) mass is 308 g/mol. The number of carbonyl (C=O) groups excluding carboxylic acids is 2. The van der Waals surface area contributed by atoms with Crippen molar-refractivity contribution >= 4 is 11.8 Å². The molecule has 0 rings (SSSR count). The fraction of sp³-hybridized carbons (Fsp3) is 0.684. The minimum absolute atomic E-state index is 0.0806. The Hall–Kier alpha value is -1.38. The van der Waals surface area contributed by atoms with Gasteiger partial charge >= 0.3 is 5.97 Å². The smallest absolute Gasteiger partial charge is 0.303 e. The van der Waals surface area contributed by atoms with E-state index in [0.29, 0.717) is 6.42 Å². The normalized spacial score (nSPS) is 11.4. The van der Waals surface area contributed by atoms with Crippen LogP contribution in [0.5, 0.6) is 0 Å². The molecule has 3 heteroatoms. The molecule has 0 heterocycles. The lowest BCUT2D eigenvalue weighted by molar-refractivity contribution is -0.145. The molecule has 0 unspecified atom stereocenters. The number of hydrogen-bond acceptors (Lipinski definition) is 3.